The molecule has 3 fully saturated rings. The van der Waals surface area contributed by atoms with Gasteiger partial charge in [-0.2, -0.15) is 0 Å². The van der Waals surface area contributed by atoms with E-state index in [4.69, 9.17) is 39.5 Å². The van der Waals surface area contributed by atoms with Gasteiger partial charge in [0.1, 0.15) is 5.75 Å². The van der Waals surface area contributed by atoms with Gasteiger partial charge in [0.15, 0.2) is 0 Å². The number of hydrogen-bond donors (Lipinski definition) is 1. The summed E-state index contributed by atoms with van der Waals surface area (Å²) in [4.78, 5) is 30.2. The minimum absolute atomic E-state index is 0.0522. The van der Waals surface area contributed by atoms with Gasteiger partial charge in [-0.3, -0.25) is 9.69 Å². The molecule has 0 aromatic heterocycles. The zero-order valence-electron chi connectivity index (χ0n) is 19.6. The van der Waals surface area contributed by atoms with E-state index in [2.05, 4.69) is 5.32 Å². The van der Waals surface area contributed by atoms with Gasteiger partial charge in [-0.1, -0.05) is 59.1 Å². The Kier molecular flexibility index (Phi) is 5.45. The number of para-hydroxylation sites is 1. The summed E-state index contributed by atoms with van der Waals surface area (Å²) in [5.74, 6) is 0.164. The van der Waals surface area contributed by atoms with Gasteiger partial charge < -0.3 is 15.0 Å². The molecule has 188 valence electrons. The number of anilines is 2. The highest BCUT2D eigenvalue weighted by Gasteiger charge is 2.53. The maximum Gasteiger partial charge on any atom is 0.415 e. The van der Waals surface area contributed by atoms with E-state index in [-0.39, 0.29) is 23.8 Å². The zero-order chi connectivity index (χ0) is 25.4. The topological polar surface area (TPSA) is 61.9 Å². The molecule has 0 spiro atoms. The van der Waals surface area contributed by atoms with Crippen LogP contribution in [0.1, 0.15) is 24.3 Å². The molecule has 2 saturated heterocycles. The van der Waals surface area contributed by atoms with E-state index in [0.717, 1.165) is 36.1 Å². The molecule has 1 N–H and O–H groups in total. The van der Waals surface area contributed by atoms with Crippen molar-refractivity contribution in [1.82, 2.24) is 10.2 Å². The van der Waals surface area contributed by atoms with Crippen molar-refractivity contribution in [2.75, 3.05) is 18.0 Å². The minimum atomic E-state index is -0.396. The first-order valence-corrected chi connectivity index (χ1v) is 13.5. The number of hydrogen-bond acceptors (Lipinski definition) is 4. The van der Waals surface area contributed by atoms with Gasteiger partial charge in [0, 0.05) is 47.7 Å². The summed E-state index contributed by atoms with van der Waals surface area (Å²) in [5.41, 5.74) is 3.68. The summed E-state index contributed by atoms with van der Waals surface area (Å²) in [6, 6.07) is 16.8. The molecule has 0 radical (unpaired) electrons. The van der Waals surface area contributed by atoms with Crippen LogP contribution in [0.4, 0.5) is 16.2 Å². The third-order valence-corrected chi connectivity index (χ3v) is 8.83. The van der Waals surface area contributed by atoms with Crippen LogP contribution in [0, 0.1) is 5.92 Å². The first-order chi connectivity index (χ1) is 17.9. The van der Waals surface area contributed by atoms with E-state index >= 15 is 0 Å². The second-order valence-corrected chi connectivity index (χ2v) is 11.3. The zero-order valence-corrected chi connectivity index (χ0v) is 21.9. The van der Waals surface area contributed by atoms with E-state index in [1.165, 1.54) is 0 Å². The van der Waals surface area contributed by atoms with Crippen molar-refractivity contribution in [2.24, 2.45) is 5.92 Å². The molecule has 3 heterocycles. The maximum absolute atomic E-state index is 13.6. The SMILES string of the molecule is O=C1C2CC2c2c(-c3ccccc3Cl)cc(OC(=O)N3CC4CC3CN4)cc2N1c1c(Cl)cccc1Cl. The third-order valence-electron chi connectivity index (χ3n) is 7.89. The molecule has 4 atom stereocenters. The summed E-state index contributed by atoms with van der Waals surface area (Å²) < 4.78 is 5.96. The van der Waals surface area contributed by atoms with Crippen LogP contribution in [-0.4, -0.2) is 42.1 Å². The van der Waals surface area contributed by atoms with Crippen LogP contribution in [0.15, 0.2) is 54.6 Å². The number of carbonyl (C=O) groups excluding carboxylic acids is 2. The van der Waals surface area contributed by atoms with Gasteiger partial charge in [0.2, 0.25) is 5.91 Å². The molecule has 3 aromatic carbocycles. The summed E-state index contributed by atoms with van der Waals surface area (Å²) in [7, 11) is 0. The van der Waals surface area contributed by atoms with Crippen molar-refractivity contribution in [3.05, 3.63) is 75.2 Å². The van der Waals surface area contributed by atoms with Crippen molar-refractivity contribution in [3.63, 3.8) is 0 Å². The molecule has 2 amide bonds. The number of nitrogens with zero attached hydrogens (tertiary/aromatic N) is 2. The van der Waals surface area contributed by atoms with E-state index < -0.39 is 6.09 Å². The Morgan fingerprint density at radius 1 is 0.919 bits per heavy atom. The first kappa shape index (κ1) is 23.4. The van der Waals surface area contributed by atoms with Crippen molar-refractivity contribution < 1.29 is 14.3 Å². The largest absolute Gasteiger partial charge is 0.415 e. The second-order valence-electron chi connectivity index (χ2n) is 10.1. The monoisotopic (exact) mass is 553 g/mol. The summed E-state index contributed by atoms with van der Waals surface area (Å²) >= 11 is 19.8. The second kappa shape index (κ2) is 8.63. The van der Waals surface area contributed by atoms with Crippen LogP contribution in [0.2, 0.25) is 15.1 Å². The Morgan fingerprint density at radius 3 is 2.38 bits per heavy atom. The molecule has 4 aliphatic rings. The maximum atomic E-state index is 13.6. The van der Waals surface area contributed by atoms with Gasteiger partial charge in [0.25, 0.3) is 0 Å². The molecular weight excluding hydrogens is 533 g/mol. The van der Waals surface area contributed by atoms with Crippen LogP contribution in [0.25, 0.3) is 11.1 Å². The lowest BCUT2D eigenvalue weighted by atomic mass is 9.90. The molecule has 9 heteroatoms. The number of amides is 2. The minimum Gasteiger partial charge on any atom is -0.410 e. The predicted molar refractivity (Wildman–Crippen MR) is 144 cm³/mol. The van der Waals surface area contributed by atoms with Gasteiger partial charge >= 0.3 is 6.09 Å². The quantitative estimate of drug-likeness (QED) is 0.394. The lowest BCUT2D eigenvalue weighted by Crippen LogP contribution is -2.47. The number of carbonyl (C=O) groups is 2. The predicted octanol–water partition coefficient (Wildman–Crippen LogP) is 6.64. The Morgan fingerprint density at radius 2 is 1.68 bits per heavy atom. The molecule has 4 unspecified atom stereocenters. The smallest absolute Gasteiger partial charge is 0.410 e. The van der Waals surface area contributed by atoms with E-state index in [9.17, 15) is 9.59 Å². The summed E-state index contributed by atoms with van der Waals surface area (Å²) in [6.07, 6.45) is 1.26. The lowest BCUT2D eigenvalue weighted by molar-refractivity contribution is -0.119. The number of halogens is 3. The molecule has 3 aliphatic heterocycles. The van der Waals surface area contributed by atoms with Crippen molar-refractivity contribution in [2.45, 2.75) is 30.8 Å². The van der Waals surface area contributed by atoms with E-state index in [1.54, 1.807) is 34.1 Å². The molecule has 1 saturated carbocycles. The Labute approximate surface area is 229 Å². The number of likely N-dealkylation sites (tertiary alicyclic amines) is 1. The van der Waals surface area contributed by atoms with Crippen LogP contribution in [0.3, 0.4) is 0 Å². The fourth-order valence-electron chi connectivity index (χ4n) is 6.10. The van der Waals surface area contributed by atoms with Crippen LogP contribution in [-0.2, 0) is 4.79 Å². The molecular formula is C28H22Cl3N3O3. The normalized spacial score (nSPS) is 25.2. The van der Waals surface area contributed by atoms with Crippen molar-refractivity contribution in [1.29, 1.82) is 0 Å². The summed E-state index contributed by atoms with van der Waals surface area (Å²) in [5, 5.41) is 4.71. The number of rotatable bonds is 3. The highest BCUT2D eigenvalue weighted by Crippen LogP contribution is 2.61. The van der Waals surface area contributed by atoms with Gasteiger partial charge in [-0.05, 0) is 54.2 Å². The molecule has 37 heavy (non-hydrogen) atoms. The average molecular weight is 555 g/mol. The highest BCUT2D eigenvalue weighted by atomic mass is 35.5. The first-order valence-electron chi connectivity index (χ1n) is 12.3. The Hall–Kier alpha value is -2.77. The van der Waals surface area contributed by atoms with Crippen molar-refractivity contribution in [3.8, 4) is 16.9 Å². The average Bonchev–Trinajstić information content (AvgIpc) is 3.38. The molecule has 6 nitrogen and oxygen atoms in total. The van der Waals surface area contributed by atoms with Crippen LogP contribution in [0.5, 0.6) is 5.75 Å². The van der Waals surface area contributed by atoms with Crippen LogP contribution < -0.4 is 15.0 Å². The molecule has 3 aromatic rings. The van der Waals surface area contributed by atoms with Gasteiger partial charge in [0.05, 0.1) is 21.4 Å². The molecule has 1 aliphatic carbocycles. The van der Waals surface area contributed by atoms with Gasteiger partial charge in [-0.25, -0.2) is 4.79 Å². The Balaban J connectivity index is 1.40. The standard InChI is InChI=1S/C28H22Cl3N3O3/c29-21-5-2-1-4-17(21)18-9-16(37-28(36)33-13-14-8-15(33)12-32-14)10-24-25(18)19-11-20(19)27(35)34(24)26-22(30)6-3-7-23(26)31/h1-7,9-10,14-15,19-20,32H,8,11-13H2. The Bertz CT molecular complexity index is 1460. The number of fused-ring (bicyclic) bond motifs is 5. The molecule has 2 bridgehead atoms. The number of piperazine rings is 1. The summed E-state index contributed by atoms with van der Waals surface area (Å²) in [6.45, 7) is 1.39. The van der Waals surface area contributed by atoms with E-state index in [1.807, 2.05) is 30.3 Å². The fourth-order valence-corrected chi connectivity index (χ4v) is 6.90. The highest BCUT2D eigenvalue weighted by molar-refractivity contribution is 6.40. The lowest BCUT2D eigenvalue weighted by Gasteiger charge is -2.33. The third kappa shape index (κ3) is 3.73. The number of ether oxygens (including phenoxy) is 1. The molecule has 7 rings (SSSR count). The number of benzene rings is 3. The fraction of sp³-hybridized carbons (Fsp3) is 0.286. The number of nitrogens with one attached hydrogen (secondary N) is 1. The van der Waals surface area contributed by atoms with Crippen LogP contribution >= 0.6 is 34.8 Å². The van der Waals surface area contributed by atoms with E-state index in [0.29, 0.717) is 44.8 Å². The van der Waals surface area contributed by atoms with Crippen molar-refractivity contribution >= 4 is 58.2 Å². The van der Waals surface area contributed by atoms with Gasteiger partial charge in [-0.15, -0.1) is 0 Å².